The van der Waals surface area contributed by atoms with Gasteiger partial charge in [-0.1, -0.05) is 23.2 Å². The van der Waals surface area contributed by atoms with Crippen LogP contribution in [-0.2, 0) is 11.2 Å². The zero-order valence-electron chi connectivity index (χ0n) is 8.83. The van der Waals surface area contributed by atoms with Gasteiger partial charge in [0.05, 0.1) is 12.7 Å². The van der Waals surface area contributed by atoms with Gasteiger partial charge in [0.25, 0.3) is 0 Å². The Balaban J connectivity index is 2.04. The van der Waals surface area contributed by atoms with E-state index in [4.69, 9.17) is 27.9 Å². The van der Waals surface area contributed by atoms with E-state index < -0.39 is 6.10 Å². The Labute approximate surface area is 105 Å². The molecule has 1 N–H and O–H groups in total. The zero-order valence-corrected chi connectivity index (χ0v) is 10.3. The van der Waals surface area contributed by atoms with Crippen molar-refractivity contribution in [3.63, 3.8) is 0 Å². The molecule has 1 aliphatic heterocycles. The highest BCUT2D eigenvalue weighted by atomic mass is 35.5. The summed E-state index contributed by atoms with van der Waals surface area (Å²) in [6.45, 7) is 1.38. The van der Waals surface area contributed by atoms with Gasteiger partial charge in [0.15, 0.2) is 0 Å². The molecule has 0 radical (unpaired) electrons. The summed E-state index contributed by atoms with van der Waals surface area (Å²) in [6.07, 6.45) is 1.05. The molecule has 1 aromatic carbocycles. The van der Waals surface area contributed by atoms with Gasteiger partial charge in [0.1, 0.15) is 0 Å². The largest absolute Gasteiger partial charge is 0.392 e. The van der Waals surface area contributed by atoms with Gasteiger partial charge in [-0.25, -0.2) is 0 Å². The van der Waals surface area contributed by atoms with Crippen LogP contribution in [0.15, 0.2) is 18.2 Å². The third kappa shape index (κ3) is 2.89. The van der Waals surface area contributed by atoms with Crippen LogP contribution in [0.3, 0.4) is 0 Å². The molecule has 0 spiro atoms. The van der Waals surface area contributed by atoms with Gasteiger partial charge in [-0.2, -0.15) is 0 Å². The quantitative estimate of drug-likeness (QED) is 0.906. The van der Waals surface area contributed by atoms with Gasteiger partial charge in [0, 0.05) is 29.0 Å². The first kappa shape index (κ1) is 12.2. The van der Waals surface area contributed by atoms with E-state index in [9.17, 15) is 5.11 Å². The number of aliphatic hydroxyl groups is 1. The van der Waals surface area contributed by atoms with Crippen LogP contribution in [0.25, 0.3) is 0 Å². The maximum absolute atomic E-state index is 10.0. The molecule has 0 bridgehead atoms. The molecule has 0 amide bonds. The molecular weight excluding hydrogens is 247 g/mol. The van der Waals surface area contributed by atoms with Gasteiger partial charge in [-0.05, 0) is 30.2 Å². The molecule has 0 saturated carbocycles. The fraction of sp³-hybridized carbons (Fsp3) is 0.500. The lowest BCUT2D eigenvalue weighted by Gasteiger charge is -2.17. The maximum Gasteiger partial charge on any atom is 0.0632 e. The van der Waals surface area contributed by atoms with E-state index in [0.717, 1.165) is 18.6 Å². The lowest BCUT2D eigenvalue weighted by Crippen LogP contribution is -2.23. The molecule has 88 valence electrons. The average molecular weight is 261 g/mol. The number of rotatable bonds is 3. The highest BCUT2D eigenvalue weighted by Crippen LogP contribution is 2.25. The third-order valence-electron chi connectivity index (χ3n) is 2.95. The van der Waals surface area contributed by atoms with Crippen molar-refractivity contribution in [3.8, 4) is 0 Å². The smallest absolute Gasteiger partial charge is 0.0632 e. The molecule has 0 aromatic heterocycles. The van der Waals surface area contributed by atoms with E-state index in [1.54, 1.807) is 12.1 Å². The lowest BCUT2D eigenvalue weighted by atomic mass is 9.95. The van der Waals surface area contributed by atoms with Gasteiger partial charge in [-0.3, -0.25) is 0 Å². The first-order valence-corrected chi connectivity index (χ1v) is 6.12. The Morgan fingerprint density at radius 3 is 2.94 bits per heavy atom. The van der Waals surface area contributed by atoms with Crippen molar-refractivity contribution in [1.29, 1.82) is 0 Å². The second kappa shape index (κ2) is 5.37. The first-order chi connectivity index (χ1) is 7.66. The van der Waals surface area contributed by atoms with Crippen LogP contribution in [0.1, 0.15) is 12.0 Å². The number of aliphatic hydroxyl groups excluding tert-OH is 1. The van der Waals surface area contributed by atoms with Crippen molar-refractivity contribution in [3.05, 3.63) is 33.8 Å². The Bertz CT molecular complexity index is 362. The fourth-order valence-corrected chi connectivity index (χ4v) is 2.34. The van der Waals surface area contributed by atoms with Crippen molar-refractivity contribution >= 4 is 23.2 Å². The Morgan fingerprint density at radius 1 is 1.44 bits per heavy atom. The highest BCUT2D eigenvalue weighted by molar-refractivity contribution is 6.33. The normalized spacial score (nSPS) is 22.3. The Hall–Kier alpha value is -0.280. The van der Waals surface area contributed by atoms with Crippen LogP contribution in [0.4, 0.5) is 0 Å². The van der Waals surface area contributed by atoms with E-state index in [1.807, 2.05) is 6.07 Å². The Kier molecular flexibility index (Phi) is 4.09. The lowest BCUT2D eigenvalue weighted by molar-refractivity contribution is 0.0919. The number of benzene rings is 1. The van der Waals surface area contributed by atoms with Crippen LogP contribution in [0.2, 0.25) is 10.0 Å². The standard InChI is InChI=1S/C12H14Cl2O2/c13-10-1-2-11(14)9(5-10)6-12(15)8-3-4-16-7-8/h1-2,5,8,12,15H,3-4,6-7H2. The maximum atomic E-state index is 10.0. The van der Waals surface area contributed by atoms with E-state index in [2.05, 4.69) is 0 Å². The molecule has 2 unspecified atom stereocenters. The van der Waals surface area contributed by atoms with Gasteiger partial charge < -0.3 is 9.84 Å². The summed E-state index contributed by atoms with van der Waals surface area (Å²) >= 11 is 11.9. The minimum atomic E-state index is -0.404. The molecule has 16 heavy (non-hydrogen) atoms. The molecule has 2 atom stereocenters. The molecule has 2 nitrogen and oxygen atoms in total. The molecule has 2 rings (SSSR count). The minimum Gasteiger partial charge on any atom is -0.392 e. The monoisotopic (exact) mass is 260 g/mol. The molecule has 0 aliphatic carbocycles. The van der Waals surface area contributed by atoms with Gasteiger partial charge in [0.2, 0.25) is 0 Å². The summed E-state index contributed by atoms with van der Waals surface area (Å²) in [5.41, 5.74) is 0.897. The van der Waals surface area contributed by atoms with Crippen LogP contribution >= 0.6 is 23.2 Å². The molecule has 1 fully saturated rings. The molecule has 1 aromatic rings. The summed E-state index contributed by atoms with van der Waals surface area (Å²) in [6, 6.07) is 5.32. The highest BCUT2D eigenvalue weighted by Gasteiger charge is 2.24. The number of halogens is 2. The van der Waals surface area contributed by atoms with Crippen molar-refractivity contribution in [2.75, 3.05) is 13.2 Å². The van der Waals surface area contributed by atoms with E-state index in [-0.39, 0.29) is 5.92 Å². The molecule has 4 heteroatoms. The molecule has 1 aliphatic rings. The Morgan fingerprint density at radius 2 is 2.25 bits per heavy atom. The molecular formula is C12H14Cl2O2. The van der Waals surface area contributed by atoms with Crippen molar-refractivity contribution in [2.45, 2.75) is 18.9 Å². The summed E-state index contributed by atoms with van der Waals surface area (Å²) in [5.74, 6) is 0.218. The number of hydrogen-bond acceptors (Lipinski definition) is 2. The van der Waals surface area contributed by atoms with Crippen LogP contribution < -0.4 is 0 Å². The summed E-state index contributed by atoms with van der Waals surface area (Å²) in [7, 11) is 0. The topological polar surface area (TPSA) is 29.5 Å². The number of hydrogen-bond donors (Lipinski definition) is 1. The number of ether oxygens (including phenoxy) is 1. The fourth-order valence-electron chi connectivity index (χ4n) is 1.95. The van der Waals surface area contributed by atoms with Crippen molar-refractivity contribution in [1.82, 2.24) is 0 Å². The second-order valence-corrected chi connectivity index (χ2v) is 4.97. The molecule has 1 saturated heterocycles. The predicted molar refractivity (Wildman–Crippen MR) is 65.1 cm³/mol. The summed E-state index contributed by atoms with van der Waals surface area (Å²) < 4.78 is 5.25. The van der Waals surface area contributed by atoms with Gasteiger partial charge in [-0.15, -0.1) is 0 Å². The third-order valence-corrected chi connectivity index (χ3v) is 3.55. The minimum absolute atomic E-state index is 0.218. The predicted octanol–water partition coefficient (Wildman–Crippen LogP) is 2.93. The molecule has 1 heterocycles. The summed E-state index contributed by atoms with van der Waals surface area (Å²) in [4.78, 5) is 0. The summed E-state index contributed by atoms with van der Waals surface area (Å²) in [5, 5.41) is 11.3. The van der Waals surface area contributed by atoms with Crippen LogP contribution in [0, 0.1) is 5.92 Å². The van der Waals surface area contributed by atoms with Crippen LogP contribution in [-0.4, -0.2) is 24.4 Å². The van der Waals surface area contributed by atoms with Crippen molar-refractivity contribution < 1.29 is 9.84 Å². The first-order valence-electron chi connectivity index (χ1n) is 5.36. The van der Waals surface area contributed by atoms with E-state index in [1.165, 1.54) is 0 Å². The van der Waals surface area contributed by atoms with E-state index in [0.29, 0.717) is 23.1 Å². The zero-order chi connectivity index (χ0) is 11.5. The average Bonchev–Trinajstić information content (AvgIpc) is 2.76. The van der Waals surface area contributed by atoms with Crippen LogP contribution in [0.5, 0.6) is 0 Å². The SMILES string of the molecule is OC(Cc1cc(Cl)ccc1Cl)C1CCOC1. The second-order valence-electron chi connectivity index (χ2n) is 4.13. The van der Waals surface area contributed by atoms with Gasteiger partial charge >= 0.3 is 0 Å². The van der Waals surface area contributed by atoms with Crippen molar-refractivity contribution in [2.24, 2.45) is 5.92 Å². The van der Waals surface area contributed by atoms with E-state index >= 15 is 0 Å².